The zero-order valence-electron chi connectivity index (χ0n) is 10.8. The van der Waals surface area contributed by atoms with Crippen LogP contribution in [0.3, 0.4) is 0 Å². The van der Waals surface area contributed by atoms with Gasteiger partial charge in [0, 0.05) is 23.1 Å². The quantitative estimate of drug-likeness (QED) is 0.922. The second-order valence-corrected chi connectivity index (χ2v) is 5.29. The summed E-state index contributed by atoms with van der Waals surface area (Å²) < 4.78 is 5.31. The maximum atomic E-state index is 10.3. The van der Waals surface area contributed by atoms with Crippen molar-refractivity contribution in [2.24, 2.45) is 0 Å². The topological polar surface area (TPSA) is 42.4 Å². The van der Waals surface area contributed by atoms with Gasteiger partial charge in [-0.1, -0.05) is 12.1 Å². The number of rotatable bonds is 4. The molecule has 2 rings (SSSR count). The minimum atomic E-state index is -0.578. The summed E-state index contributed by atoms with van der Waals surface area (Å²) in [5, 5.41) is 13.2. The molecule has 2 aromatic rings. The molecular weight excluding hydrogens is 246 g/mol. The fraction of sp³-hybridized carbons (Fsp3) is 0.357. The molecular formula is C14H17NO2S. The van der Waals surface area contributed by atoms with Gasteiger partial charge >= 0.3 is 0 Å². The van der Waals surface area contributed by atoms with Gasteiger partial charge in [-0.25, -0.2) is 4.98 Å². The molecule has 0 amide bonds. The Balaban J connectivity index is 2.20. The number of benzene rings is 1. The van der Waals surface area contributed by atoms with Crippen LogP contribution in [0.4, 0.5) is 0 Å². The van der Waals surface area contributed by atoms with E-state index in [-0.39, 0.29) is 0 Å². The van der Waals surface area contributed by atoms with Crippen LogP contribution in [-0.4, -0.2) is 17.2 Å². The first-order chi connectivity index (χ1) is 8.60. The van der Waals surface area contributed by atoms with E-state index in [1.807, 2.05) is 37.4 Å². The lowest BCUT2D eigenvalue weighted by Crippen LogP contribution is -2.04. The molecule has 18 heavy (non-hydrogen) atoms. The Bertz CT molecular complexity index is 536. The smallest absolute Gasteiger partial charge is 0.124 e. The fourth-order valence-electron chi connectivity index (χ4n) is 1.87. The SMILES string of the molecule is COc1cc(C)ccc1C(O)Cc1nc(C)cs1. The largest absolute Gasteiger partial charge is 0.496 e. The van der Waals surface area contributed by atoms with Crippen LogP contribution in [0, 0.1) is 13.8 Å². The monoisotopic (exact) mass is 263 g/mol. The van der Waals surface area contributed by atoms with E-state index in [9.17, 15) is 5.11 Å². The molecule has 0 bridgehead atoms. The van der Waals surface area contributed by atoms with Crippen LogP contribution in [0.25, 0.3) is 0 Å². The highest BCUT2D eigenvalue weighted by molar-refractivity contribution is 7.09. The lowest BCUT2D eigenvalue weighted by Gasteiger charge is -2.14. The second kappa shape index (κ2) is 5.50. The van der Waals surface area contributed by atoms with Gasteiger partial charge in [0.1, 0.15) is 5.75 Å². The number of ether oxygens (including phenoxy) is 1. The lowest BCUT2D eigenvalue weighted by molar-refractivity contribution is 0.174. The molecule has 1 heterocycles. The van der Waals surface area contributed by atoms with Gasteiger partial charge in [0.05, 0.1) is 18.2 Å². The van der Waals surface area contributed by atoms with Crippen LogP contribution in [0.1, 0.15) is 27.9 Å². The molecule has 4 heteroatoms. The molecule has 0 fully saturated rings. The summed E-state index contributed by atoms with van der Waals surface area (Å²) in [5.74, 6) is 0.732. The van der Waals surface area contributed by atoms with Gasteiger partial charge < -0.3 is 9.84 Å². The number of aliphatic hydroxyl groups excluding tert-OH is 1. The average Bonchev–Trinajstić information content (AvgIpc) is 2.74. The summed E-state index contributed by atoms with van der Waals surface area (Å²) >= 11 is 1.58. The average molecular weight is 263 g/mol. The van der Waals surface area contributed by atoms with Crippen LogP contribution >= 0.6 is 11.3 Å². The number of aliphatic hydroxyl groups is 1. The van der Waals surface area contributed by atoms with Crippen LogP contribution < -0.4 is 4.74 Å². The number of methoxy groups -OCH3 is 1. The highest BCUT2D eigenvalue weighted by Crippen LogP contribution is 2.29. The first kappa shape index (κ1) is 13.1. The number of hydrogen-bond donors (Lipinski definition) is 1. The van der Waals surface area contributed by atoms with Crippen LogP contribution in [0.2, 0.25) is 0 Å². The van der Waals surface area contributed by atoms with Gasteiger partial charge in [-0.05, 0) is 25.5 Å². The van der Waals surface area contributed by atoms with Crippen molar-refractivity contribution in [3.05, 3.63) is 45.4 Å². The maximum absolute atomic E-state index is 10.3. The van der Waals surface area contributed by atoms with Crippen LogP contribution in [0.5, 0.6) is 5.75 Å². The van der Waals surface area contributed by atoms with Gasteiger partial charge in [0.15, 0.2) is 0 Å². The molecule has 0 aliphatic carbocycles. The molecule has 1 aromatic heterocycles. The standard InChI is InChI=1S/C14H17NO2S/c1-9-4-5-11(13(6-9)17-3)12(16)7-14-15-10(2)8-18-14/h4-6,8,12,16H,7H2,1-3H3. The van der Waals surface area contributed by atoms with E-state index >= 15 is 0 Å². The van der Waals surface area contributed by atoms with E-state index in [1.54, 1.807) is 18.4 Å². The molecule has 1 atom stereocenters. The van der Waals surface area contributed by atoms with Gasteiger partial charge in [0.25, 0.3) is 0 Å². The zero-order valence-corrected chi connectivity index (χ0v) is 11.6. The normalized spacial score (nSPS) is 12.4. The highest BCUT2D eigenvalue weighted by atomic mass is 32.1. The summed E-state index contributed by atoms with van der Waals surface area (Å²) in [7, 11) is 1.62. The Morgan fingerprint density at radius 1 is 1.39 bits per heavy atom. The molecule has 1 aromatic carbocycles. The number of nitrogens with zero attached hydrogens (tertiary/aromatic N) is 1. The first-order valence-electron chi connectivity index (χ1n) is 5.83. The van der Waals surface area contributed by atoms with E-state index in [4.69, 9.17) is 4.74 Å². The van der Waals surface area contributed by atoms with Gasteiger partial charge in [-0.15, -0.1) is 11.3 Å². The first-order valence-corrected chi connectivity index (χ1v) is 6.71. The van der Waals surface area contributed by atoms with Crippen molar-refractivity contribution < 1.29 is 9.84 Å². The molecule has 0 saturated carbocycles. The van der Waals surface area contributed by atoms with Gasteiger partial charge in [0.2, 0.25) is 0 Å². The molecule has 96 valence electrons. The number of aryl methyl sites for hydroxylation is 2. The summed E-state index contributed by atoms with van der Waals surface area (Å²) in [4.78, 5) is 4.37. The van der Waals surface area contributed by atoms with Crippen molar-refractivity contribution in [3.8, 4) is 5.75 Å². The van der Waals surface area contributed by atoms with Crippen molar-refractivity contribution in [1.29, 1.82) is 0 Å². The van der Waals surface area contributed by atoms with E-state index in [0.29, 0.717) is 6.42 Å². The Morgan fingerprint density at radius 2 is 2.17 bits per heavy atom. The molecule has 0 saturated heterocycles. The second-order valence-electron chi connectivity index (χ2n) is 4.35. The summed E-state index contributed by atoms with van der Waals surface area (Å²) in [5.41, 5.74) is 2.93. The summed E-state index contributed by atoms with van der Waals surface area (Å²) in [6.07, 6.45) is -0.0520. The van der Waals surface area contributed by atoms with Crippen molar-refractivity contribution >= 4 is 11.3 Å². The van der Waals surface area contributed by atoms with Crippen molar-refractivity contribution in [1.82, 2.24) is 4.98 Å². The molecule has 0 radical (unpaired) electrons. The van der Waals surface area contributed by atoms with Crippen molar-refractivity contribution in [3.63, 3.8) is 0 Å². The minimum Gasteiger partial charge on any atom is -0.496 e. The van der Waals surface area contributed by atoms with Crippen LogP contribution in [0.15, 0.2) is 23.6 Å². The third-order valence-corrected chi connectivity index (χ3v) is 3.77. The number of aromatic nitrogens is 1. The summed E-state index contributed by atoms with van der Waals surface area (Å²) in [6.45, 7) is 3.96. The van der Waals surface area contributed by atoms with E-state index in [2.05, 4.69) is 4.98 Å². The predicted molar refractivity (Wildman–Crippen MR) is 73.2 cm³/mol. The van der Waals surface area contributed by atoms with E-state index < -0.39 is 6.10 Å². The fourth-order valence-corrected chi connectivity index (χ4v) is 2.68. The van der Waals surface area contributed by atoms with Gasteiger partial charge in [-0.2, -0.15) is 0 Å². The van der Waals surface area contributed by atoms with Crippen molar-refractivity contribution in [2.45, 2.75) is 26.4 Å². The summed E-state index contributed by atoms with van der Waals surface area (Å²) in [6, 6.07) is 5.83. The zero-order chi connectivity index (χ0) is 13.1. The van der Waals surface area contributed by atoms with Gasteiger partial charge in [-0.3, -0.25) is 0 Å². The molecule has 0 aliphatic rings. The third kappa shape index (κ3) is 2.89. The molecule has 1 N–H and O–H groups in total. The highest BCUT2D eigenvalue weighted by Gasteiger charge is 2.15. The molecule has 1 unspecified atom stereocenters. The maximum Gasteiger partial charge on any atom is 0.124 e. The lowest BCUT2D eigenvalue weighted by atomic mass is 10.0. The third-order valence-electron chi connectivity index (χ3n) is 2.78. The van der Waals surface area contributed by atoms with Crippen LogP contribution in [-0.2, 0) is 6.42 Å². The van der Waals surface area contributed by atoms with E-state index in [0.717, 1.165) is 27.6 Å². The Labute approximate surface area is 111 Å². The molecule has 3 nitrogen and oxygen atoms in total. The predicted octanol–water partition coefficient (Wildman–Crippen LogP) is 3.04. The Morgan fingerprint density at radius 3 is 2.78 bits per heavy atom. The minimum absolute atomic E-state index is 0.526. The Hall–Kier alpha value is -1.39. The Kier molecular flexibility index (Phi) is 3.99. The number of thiazole rings is 1. The number of hydrogen-bond acceptors (Lipinski definition) is 4. The van der Waals surface area contributed by atoms with Crippen molar-refractivity contribution in [2.75, 3.05) is 7.11 Å². The molecule has 0 spiro atoms. The van der Waals surface area contributed by atoms with E-state index in [1.165, 1.54) is 0 Å². The molecule has 0 aliphatic heterocycles.